The largest absolute Gasteiger partial charge is 0.493 e. The Balaban J connectivity index is 1.74. The van der Waals surface area contributed by atoms with Crippen LogP contribution in [-0.4, -0.2) is 47.5 Å². The molecule has 2 aromatic carbocycles. The second-order valence-electron chi connectivity index (χ2n) is 7.91. The summed E-state index contributed by atoms with van der Waals surface area (Å²) in [5.41, 5.74) is 2.49. The van der Waals surface area contributed by atoms with Gasteiger partial charge in [-0.1, -0.05) is 0 Å². The van der Waals surface area contributed by atoms with Crippen molar-refractivity contribution in [3.05, 3.63) is 41.0 Å². The molecule has 0 saturated carbocycles. The van der Waals surface area contributed by atoms with E-state index in [-0.39, 0.29) is 31.2 Å². The number of benzene rings is 2. The second kappa shape index (κ2) is 8.05. The molecule has 1 saturated heterocycles. The zero-order valence-corrected chi connectivity index (χ0v) is 18.0. The summed E-state index contributed by atoms with van der Waals surface area (Å²) in [5, 5.41) is 2.89. The molecule has 2 aliphatic heterocycles. The third-order valence-electron chi connectivity index (χ3n) is 6.53. The minimum absolute atomic E-state index is 0.114. The number of alkyl halides is 1. The van der Waals surface area contributed by atoms with E-state index in [4.69, 9.17) is 28.4 Å². The summed E-state index contributed by atoms with van der Waals surface area (Å²) in [4.78, 5) is 12.9. The Labute approximate surface area is 184 Å². The average molecular weight is 445 g/mol. The first-order valence-electron chi connectivity index (χ1n) is 10.3. The summed E-state index contributed by atoms with van der Waals surface area (Å²) in [6.45, 7) is -0.413. The SMILES string of the molecule is COc1cc([C@@H]2c3cc4c(cc3[C@@H](NCF)C3COC(=O)[C@@H]32)OCO4)cc(OC)c1OC. The number of ether oxygens (including phenoxy) is 6. The van der Waals surface area contributed by atoms with Crippen molar-refractivity contribution in [3.8, 4) is 28.7 Å². The molecule has 1 fully saturated rings. The Bertz CT molecular complexity index is 1030. The Morgan fingerprint density at radius 1 is 0.969 bits per heavy atom. The number of hydrogen-bond acceptors (Lipinski definition) is 8. The van der Waals surface area contributed by atoms with Crippen LogP contribution in [0.1, 0.15) is 28.7 Å². The fourth-order valence-corrected chi connectivity index (χ4v) is 5.19. The molecule has 1 aliphatic carbocycles. The van der Waals surface area contributed by atoms with Gasteiger partial charge in [-0.25, -0.2) is 4.39 Å². The minimum atomic E-state index is -0.731. The molecule has 3 aliphatic rings. The van der Waals surface area contributed by atoms with Crippen LogP contribution in [0.2, 0.25) is 0 Å². The molecule has 0 amide bonds. The van der Waals surface area contributed by atoms with E-state index in [1.807, 2.05) is 24.3 Å². The van der Waals surface area contributed by atoms with Gasteiger partial charge in [0.05, 0.1) is 33.9 Å². The normalized spacial score (nSPS) is 25.1. The van der Waals surface area contributed by atoms with Crippen LogP contribution in [0.15, 0.2) is 24.3 Å². The predicted molar refractivity (Wildman–Crippen MR) is 110 cm³/mol. The molecular formula is C23H24FNO7. The van der Waals surface area contributed by atoms with E-state index in [0.717, 1.165) is 16.7 Å². The van der Waals surface area contributed by atoms with Crippen molar-refractivity contribution in [2.45, 2.75) is 12.0 Å². The van der Waals surface area contributed by atoms with Crippen LogP contribution in [0.25, 0.3) is 0 Å². The molecule has 170 valence electrons. The van der Waals surface area contributed by atoms with Crippen molar-refractivity contribution in [1.29, 1.82) is 0 Å². The molecule has 8 nitrogen and oxygen atoms in total. The molecule has 2 heterocycles. The lowest BCUT2D eigenvalue weighted by Crippen LogP contribution is -2.40. The summed E-state index contributed by atoms with van der Waals surface area (Å²) >= 11 is 0. The van der Waals surface area contributed by atoms with E-state index in [0.29, 0.717) is 28.7 Å². The lowest BCUT2D eigenvalue weighted by atomic mass is 9.65. The molecule has 0 radical (unpaired) electrons. The molecule has 1 unspecified atom stereocenters. The van der Waals surface area contributed by atoms with Gasteiger partial charge in [0.2, 0.25) is 12.5 Å². The lowest BCUT2D eigenvalue weighted by molar-refractivity contribution is -0.141. The summed E-state index contributed by atoms with van der Waals surface area (Å²) in [6, 6.07) is 7.02. The molecule has 32 heavy (non-hydrogen) atoms. The van der Waals surface area contributed by atoms with Gasteiger partial charge in [-0.2, -0.15) is 0 Å². The Morgan fingerprint density at radius 3 is 2.22 bits per heavy atom. The number of fused-ring (bicyclic) bond motifs is 3. The number of nitrogens with one attached hydrogen (secondary N) is 1. The zero-order valence-electron chi connectivity index (χ0n) is 18.0. The number of methoxy groups -OCH3 is 3. The molecule has 1 N–H and O–H groups in total. The highest BCUT2D eigenvalue weighted by atomic mass is 19.1. The summed E-state index contributed by atoms with van der Waals surface area (Å²) in [5.74, 6) is 1.14. The number of halogens is 1. The van der Waals surface area contributed by atoms with E-state index >= 15 is 0 Å². The van der Waals surface area contributed by atoms with Crippen molar-refractivity contribution in [2.75, 3.05) is 41.5 Å². The molecular weight excluding hydrogens is 421 g/mol. The van der Waals surface area contributed by atoms with Gasteiger partial charge in [0, 0.05) is 17.9 Å². The minimum Gasteiger partial charge on any atom is -0.493 e. The number of carbonyl (C=O) groups is 1. The zero-order chi connectivity index (χ0) is 22.4. The number of esters is 1. The number of carbonyl (C=O) groups excluding carboxylic acids is 1. The van der Waals surface area contributed by atoms with Gasteiger partial charge in [0.15, 0.2) is 23.0 Å². The van der Waals surface area contributed by atoms with Crippen LogP contribution in [0, 0.1) is 11.8 Å². The smallest absolute Gasteiger partial charge is 0.310 e. The first kappa shape index (κ1) is 20.7. The van der Waals surface area contributed by atoms with Crippen LogP contribution in [0.3, 0.4) is 0 Å². The number of hydrogen-bond donors (Lipinski definition) is 1. The molecule has 0 spiro atoms. The third kappa shape index (κ3) is 3.02. The fourth-order valence-electron chi connectivity index (χ4n) is 5.19. The quantitative estimate of drug-likeness (QED) is 0.537. The standard InChI is InChI=1S/C23H24FNO7/c1-27-17-4-11(5-18(28-2)22(17)29-3)19-12-6-15-16(32-10-31-15)7-13(12)21(25-9-24)14-8-30-23(26)20(14)19/h4-7,14,19-21,25H,8-10H2,1-3H3/t14?,19-,20+,21-/m1/s1. The van der Waals surface area contributed by atoms with Crippen molar-refractivity contribution >= 4 is 5.97 Å². The highest BCUT2D eigenvalue weighted by molar-refractivity contribution is 5.79. The van der Waals surface area contributed by atoms with E-state index in [9.17, 15) is 9.18 Å². The maximum Gasteiger partial charge on any atom is 0.310 e. The molecule has 2 aromatic rings. The van der Waals surface area contributed by atoms with Crippen molar-refractivity contribution in [3.63, 3.8) is 0 Å². The van der Waals surface area contributed by atoms with Gasteiger partial charge in [-0.05, 0) is 41.0 Å². The molecule has 0 bridgehead atoms. The Hall–Kier alpha value is -3.20. The van der Waals surface area contributed by atoms with Gasteiger partial charge in [-0.3, -0.25) is 10.1 Å². The van der Waals surface area contributed by atoms with Gasteiger partial charge >= 0.3 is 5.97 Å². The van der Waals surface area contributed by atoms with Crippen LogP contribution in [0.4, 0.5) is 4.39 Å². The highest BCUT2D eigenvalue weighted by Gasteiger charge is 2.52. The second-order valence-corrected chi connectivity index (χ2v) is 7.91. The average Bonchev–Trinajstić information content (AvgIpc) is 3.43. The lowest BCUT2D eigenvalue weighted by Gasteiger charge is -2.39. The maximum atomic E-state index is 13.5. The van der Waals surface area contributed by atoms with E-state index < -0.39 is 18.8 Å². The molecule has 4 atom stereocenters. The third-order valence-corrected chi connectivity index (χ3v) is 6.53. The maximum absolute atomic E-state index is 13.5. The van der Waals surface area contributed by atoms with E-state index in [2.05, 4.69) is 5.32 Å². The first-order chi connectivity index (χ1) is 15.6. The van der Waals surface area contributed by atoms with Gasteiger partial charge in [0.1, 0.15) is 6.80 Å². The van der Waals surface area contributed by atoms with E-state index in [1.165, 1.54) is 7.11 Å². The summed E-state index contributed by atoms with van der Waals surface area (Å²) in [6.07, 6.45) is 0. The Kier molecular flexibility index (Phi) is 5.21. The van der Waals surface area contributed by atoms with E-state index in [1.54, 1.807) is 14.2 Å². The summed E-state index contributed by atoms with van der Waals surface area (Å²) in [7, 11) is 4.62. The molecule has 5 rings (SSSR count). The van der Waals surface area contributed by atoms with Crippen LogP contribution < -0.4 is 29.0 Å². The van der Waals surface area contributed by atoms with Gasteiger partial charge in [-0.15, -0.1) is 0 Å². The molecule has 0 aromatic heterocycles. The fraction of sp³-hybridized carbons (Fsp3) is 0.435. The van der Waals surface area contributed by atoms with Gasteiger partial charge < -0.3 is 28.4 Å². The van der Waals surface area contributed by atoms with Crippen molar-refractivity contribution in [2.24, 2.45) is 11.8 Å². The number of cyclic esters (lactones) is 1. The molecule has 9 heteroatoms. The van der Waals surface area contributed by atoms with Crippen molar-refractivity contribution in [1.82, 2.24) is 5.32 Å². The monoisotopic (exact) mass is 445 g/mol. The predicted octanol–water partition coefficient (Wildman–Crippen LogP) is 2.93. The first-order valence-corrected chi connectivity index (χ1v) is 10.3. The highest BCUT2D eigenvalue weighted by Crippen LogP contribution is 2.55. The van der Waals surface area contributed by atoms with Crippen molar-refractivity contribution < 1.29 is 37.6 Å². The topological polar surface area (TPSA) is 84.5 Å². The summed E-state index contributed by atoms with van der Waals surface area (Å²) < 4.78 is 46.6. The van der Waals surface area contributed by atoms with Gasteiger partial charge in [0.25, 0.3) is 0 Å². The van der Waals surface area contributed by atoms with Crippen LogP contribution >= 0.6 is 0 Å². The van der Waals surface area contributed by atoms with Crippen LogP contribution in [-0.2, 0) is 9.53 Å². The Morgan fingerprint density at radius 2 is 1.62 bits per heavy atom. The van der Waals surface area contributed by atoms with Crippen LogP contribution in [0.5, 0.6) is 28.7 Å². The number of rotatable bonds is 6.